The highest BCUT2D eigenvalue weighted by Crippen LogP contribution is 2.29. The van der Waals surface area contributed by atoms with E-state index in [-0.39, 0.29) is 22.6 Å². The Labute approximate surface area is 156 Å². The minimum atomic E-state index is -3.55. The van der Waals surface area contributed by atoms with Gasteiger partial charge in [0.15, 0.2) is 0 Å². The highest BCUT2D eigenvalue weighted by atomic mass is 32.2. The number of hydrogen-bond donors (Lipinski definition) is 1. The smallest absolute Gasteiger partial charge is 0.242 e. The van der Waals surface area contributed by atoms with Crippen molar-refractivity contribution in [2.24, 2.45) is 5.92 Å². The summed E-state index contributed by atoms with van der Waals surface area (Å²) in [5, 5.41) is 2.89. The Kier molecular flexibility index (Phi) is 6.56. The van der Waals surface area contributed by atoms with Crippen LogP contribution in [0.5, 0.6) is 0 Å². The van der Waals surface area contributed by atoms with Gasteiger partial charge < -0.3 is 5.32 Å². The number of amides is 1. The Morgan fingerprint density at radius 3 is 2.31 bits per heavy atom. The van der Waals surface area contributed by atoms with Crippen LogP contribution in [0.25, 0.3) is 0 Å². The van der Waals surface area contributed by atoms with Crippen LogP contribution in [0.1, 0.15) is 31.7 Å². The first-order chi connectivity index (χ1) is 12.3. The summed E-state index contributed by atoms with van der Waals surface area (Å²) in [7, 11) is -0.584. The number of rotatable bonds is 7. The molecule has 5 nitrogen and oxygen atoms in total. The van der Waals surface area contributed by atoms with Crippen LogP contribution in [-0.4, -0.2) is 32.7 Å². The fourth-order valence-corrected chi connectivity index (χ4v) is 3.75. The Morgan fingerprint density at radius 2 is 1.73 bits per heavy atom. The quantitative estimate of drug-likeness (QED) is 0.803. The lowest BCUT2D eigenvalue weighted by atomic mass is 9.85. The molecule has 2 rings (SSSR count). The molecule has 0 saturated carbocycles. The maximum atomic E-state index is 12.9. The molecule has 2 aromatic rings. The summed E-state index contributed by atoms with van der Waals surface area (Å²) in [5.41, 5.74) is 1.43. The van der Waals surface area contributed by atoms with E-state index in [1.165, 1.54) is 26.2 Å². The predicted octanol–water partition coefficient (Wildman–Crippen LogP) is 3.71. The average Bonchev–Trinajstić information content (AvgIpc) is 2.62. The molecule has 26 heavy (non-hydrogen) atoms. The lowest BCUT2D eigenvalue weighted by molar-refractivity contribution is -0.118. The van der Waals surface area contributed by atoms with Crippen LogP contribution in [-0.2, 0) is 14.8 Å². The molecule has 2 atom stereocenters. The maximum Gasteiger partial charge on any atom is 0.242 e. The van der Waals surface area contributed by atoms with Crippen LogP contribution < -0.4 is 5.32 Å². The Balaban J connectivity index is 2.30. The van der Waals surface area contributed by atoms with E-state index in [1.807, 2.05) is 37.3 Å². The molecule has 0 aliphatic rings. The van der Waals surface area contributed by atoms with Crippen molar-refractivity contribution < 1.29 is 13.2 Å². The van der Waals surface area contributed by atoms with E-state index in [2.05, 4.69) is 12.2 Å². The van der Waals surface area contributed by atoms with Crippen molar-refractivity contribution in [3.05, 3.63) is 60.2 Å². The van der Waals surface area contributed by atoms with Gasteiger partial charge in [-0.15, -0.1) is 0 Å². The summed E-state index contributed by atoms with van der Waals surface area (Å²) < 4.78 is 25.7. The highest BCUT2D eigenvalue weighted by Gasteiger charge is 2.26. The molecule has 0 unspecified atom stereocenters. The molecular formula is C20H26N2O3S. The van der Waals surface area contributed by atoms with E-state index in [9.17, 15) is 13.2 Å². The molecule has 6 heteroatoms. The number of anilines is 1. The van der Waals surface area contributed by atoms with Gasteiger partial charge in [0.2, 0.25) is 15.9 Å². The molecule has 0 aliphatic carbocycles. The third-order valence-electron chi connectivity index (χ3n) is 4.53. The van der Waals surface area contributed by atoms with Crippen LogP contribution in [0, 0.1) is 5.92 Å². The Morgan fingerprint density at radius 1 is 1.08 bits per heavy atom. The van der Waals surface area contributed by atoms with Crippen LogP contribution in [0.15, 0.2) is 59.5 Å². The van der Waals surface area contributed by atoms with E-state index >= 15 is 0 Å². The predicted molar refractivity (Wildman–Crippen MR) is 105 cm³/mol. The van der Waals surface area contributed by atoms with Crippen LogP contribution >= 0.6 is 0 Å². The standard InChI is InChI=1S/C20H26N2O3S/c1-5-15(2)19(16-10-7-6-8-11-16)20(23)21-17-12-9-13-18(14-17)26(24,25)22(3)4/h6-15,19H,5H2,1-4H3,(H,21,23)/t15-,19-/m0/s1. The fourth-order valence-electron chi connectivity index (χ4n) is 2.80. The lowest BCUT2D eigenvalue weighted by Gasteiger charge is -2.23. The first-order valence-electron chi connectivity index (χ1n) is 8.65. The van der Waals surface area contributed by atoms with Crippen LogP contribution in [0.2, 0.25) is 0 Å². The van der Waals surface area contributed by atoms with Crippen molar-refractivity contribution in [3.63, 3.8) is 0 Å². The highest BCUT2D eigenvalue weighted by molar-refractivity contribution is 7.89. The molecule has 0 heterocycles. The zero-order valence-electron chi connectivity index (χ0n) is 15.6. The van der Waals surface area contributed by atoms with Crippen molar-refractivity contribution in [1.29, 1.82) is 0 Å². The van der Waals surface area contributed by atoms with Crippen molar-refractivity contribution in [2.45, 2.75) is 31.1 Å². The van der Waals surface area contributed by atoms with Gasteiger partial charge in [-0.25, -0.2) is 12.7 Å². The summed E-state index contributed by atoms with van der Waals surface area (Å²) >= 11 is 0. The van der Waals surface area contributed by atoms with Gasteiger partial charge in [-0.2, -0.15) is 0 Å². The number of nitrogens with zero attached hydrogens (tertiary/aromatic N) is 1. The summed E-state index contributed by atoms with van der Waals surface area (Å²) in [6.45, 7) is 4.10. The number of sulfonamides is 1. The SMILES string of the molecule is CC[C@H](C)[C@H](C(=O)Nc1cccc(S(=O)(=O)N(C)C)c1)c1ccccc1. The summed E-state index contributed by atoms with van der Waals surface area (Å²) in [4.78, 5) is 13.1. The molecule has 0 aromatic heterocycles. The van der Waals surface area contributed by atoms with E-state index < -0.39 is 10.0 Å². The Hall–Kier alpha value is -2.18. The second-order valence-corrected chi connectivity index (χ2v) is 8.73. The second kappa shape index (κ2) is 8.47. The molecule has 1 N–H and O–H groups in total. The lowest BCUT2D eigenvalue weighted by Crippen LogP contribution is -2.26. The van der Waals surface area contributed by atoms with Gasteiger partial charge in [-0.05, 0) is 29.7 Å². The third kappa shape index (κ3) is 4.51. The van der Waals surface area contributed by atoms with E-state index in [0.29, 0.717) is 5.69 Å². The largest absolute Gasteiger partial charge is 0.326 e. The van der Waals surface area contributed by atoms with Crippen molar-refractivity contribution >= 4 is 21.6 Å². The van der Waals surface area contributed by atoms with Gasteiger partial charge in [0.25, 0.3) is 0 Å². The zero-order valence-corrected chi connectivity index (χ0v) is 16.5. The summed E-state index contributed by atoms with van der Waals surface area (Å²) in [5.74, 6) is -0.272. The van der Waals surface area contributed by atoms with Crippen LogP contribution in [0.3, 0.4) is 0 Å². The molecular weight excluding hydrogens is 348 g/mol. The monoisotopic (exact) mass is 374 g/mol. The molecule has 0 bridgehead atoms. The number of benzene rings is 2. The van der Waals surface area contributed by atoms with Gasteiger partial charge in [0, 0.05) is 19.8 Å². The topological polar surface area (TPSA) is 66.5 Å². The molecule has 1 amide bonds. The van der Waals surface area contributed by atoms with Gasteiger partial charge in [-0.3, -0.25) is 4.79 Å². The van der Waals surface area contributed by atoms with Gasteiger partial charge in [0.05, 0.1) is 10.8 Å². The van der Waals surface area contributed by atoms with E-state index in [4.69, 9.17) is 0 Å². The van der Waals surface area contributed by atoms with Crippen molar-refractivity contribution in [1.82, 2.24) is 4.31 Å². The molecule has 0 saturated heterocycles. The average molecular weight is 375 g/mol. The van der Waals surface area contributed by atoms with Crippen molar-refractivity contribution in [3.8, 4) is 0 Å². The molecule has 140 valence electrons. The van der Waals surface area contributed by atoms with Gasteiger partial charge in [-0.1, -0.05) is 56.7 Å². The van der Waals surface area contributed by atoms with E-state index in [1.54, 1.807) is 12.1 Å². The molecule has 0 fully saturated rings. The molecule has 0 radical (unpaired) electrons. The zero-order chi connectivity index (χ0) is 19.3. The molecule has 0 spiro atoms. The summed E-state index contributed by atoms with van der Waals surface area (Å²) in [6.07, 6.45) is 0.863. The normalized spacial score (nSPS) is 14.0. The number of carbonyl (C=O) groups excluding carboxylic acids is 1. The summed E-state index contributed by atoms with van der Waals surface area (Å²) in [6, 6.07) is 16.0. The second-order valence-electron chi connectivity index (χ2n) is 6.58. The first-order valence-corrected chi connectivity index (χ1v) is 10.1. The fraction of sp³-hybridized carbons (Fsp3) is 0.350. The minimum Gasteiger partial charge on any atom is -0.326 e. The van der Waals surface area contributed by atoms with Gasteiger partial charge >= 0.3 is 0 Å². The van der Waals surface area contributed by atoms with Gasteiger partial charge in [0.1, 0.15) is 0 Å². The minimum absolute atomic E-state index is 0.134. The number of hydrogen-bond acceptors (Lipinski definition) is 3. The number of carbonyl (C=O) groups is 1. The third-order valence-corrected chi connectivity index (χ3v) is 6.35. The maximum absolute atomic E-state index is 12.9. The first kappa shape index (κ1) is 20.1. The van der Waals surface area contributed by atoms with E-state index in [0.717, 1.165) is 16.3 Å². The molecule has 0 aliphatic heterocycles. The van der Waals surface area contributed by atoms with Crippen molar-refractivity contribution in [2.75, 3.05) is 19.4 Å². The Bertz CT molecular complexity index is 848. The van der Waals surface area contributed by atoms with Crippen LogP contribution in [0.4, 0.5) is 5.69 Å². The molecule has 2 aromatic carbocycles. The number of nitrogens with one attached hydrogen (secondary N) is 1.